The highest BCUT2D eigenvalue weighted by Crippen LogP contribution is 2.41. The molecule has 2 atom stereocenters. The van der Waals surface area contributed by atoms with E-state index in [0.717, 1.165) is 27.0 Å². The number of hydrogen-bond acceptors (Lipinski definition) is 14. The third-order valence-corrected chi connectivity index (χ3v) is 15.4. The second-order valence-corrected chi connectivity index (χ2v) is 20.6. The number of Topliss-reactive ketones (excluding diaryl/α,β-unsaturated/α-hetero) is 3. The number of unbranched alkanes of at least 4 members (excludes halogenated alkanes) is 2. The van der Waals surface area contributed by atoms with Crippen LogP contribution in [0.5, 0.6) is 0 Å². The molecule has 0 saturated carbocycles. The molecule has 3 N–H and O–H groups in total. The van der Waals surface area contributed by atoms with Crippen molar-refractivity contribution in [1.29, 1.82) is 0 Å². The number of aliphatic hydroxyl groups is 1. The third kappa shape index (κ3) is 12.8. The van der Waals surface area contributed by atoms with E-state index in [2.05, 4.69) is 10.6 Å². The molecule has 380 valence electrons. The van der Waals surface area contributed by atoms with E-state index in [1.54, 1.807) is 54.1 Å². The van der Waals surface area contributed by atoms with E-state index in [4.69, 9.17) is 9.72 Å². The predicted molar refractivity (Wildman–Crippen MR) is 270 cm³/mol. The Morgan fingerprint density at radius 3 is 2.33 bits per heavy atom. The van der Waals surface area contributed by atoms with Gasteiger partial charge in [-0.25, -0.2) is 14.2 Å². The number of imide groups is 1. The van der Waals surface area contributed by atoms with Gasteiger partial charge in [0.1, 0.15) is 18.2 Å². The molecule has 0 spiro atoms. The molecule has 7 rings (SSSR count). The number of halogens is 1. The van der Waals surface area contributed by atoms with Crippen molar-refractivity contribution in [3.05, 3.63) is 110 Å². The van der Waals surface area contributed by atoms with Crippen LogP contribution in [0, 0.1) is 18.7 Å². The van der Waals surface area contributed by atoms with Gasteiger partial charge in [0.25, 0.3) is 17.4 Å². The summed E-state index contributed by atoms with van der Waals surface area (Å²) in [5, 5.41) is 17.3. The van der Waals surface area contributed by atoms with Crippen LogP contribution in [0.3, 0.4) is 0 Å². The molecule has 16 nitrogen and oxygen atoms in total. The molecule has 0 aliphatic carbocycles. The van der Waals surface area contributed by atoms with Gasteiger partial charge in [-0.1, -0.05) is 43.7 Å². The number of benzene rings is 2. The zero-order valence-electron chi connectivity index (χ0n) is 40.4. The quantitative estimate of drug-likeness (QED) is 0.0343. The van der Waals surface area contributed by atoms with E-state index in [1.807, 2.05) is 30.3 Å². The Labute approximate surface area is 424 Å². The number of thioether (sulfide) groups is 2. The summed E-state index contributed by atoms with van der Waals surface area (Å²) in [5.41, 5.74) is 2.43. The van der Waals surface area contributed by atoms with E-state index >= 15 is 0 Å². The maximum Gasteiger partial charge on any atom is 0.343 e. The molecule has 72 heavy (non-hydrogen) atoms. The Balaban J connectivity index is 0.840. The van der Waals surface area contributed by atoms with Crippen molar-refractivity contribution in [2.24, 2.45) is 5.92 Å². The standard InChI is InChI=1S/C53H58FN5O11S2/c1-3-53(69)42-25-45-49-39(29-59(45)51(67)40(42)30-70-52(53)68)41(38-22-32(2)43(54)26-44(38)57-49)31-72-21-20-71-19-17-36(61)27-56-50(66)34(23-33-10-6-4-7-11-33)24-37(62)28-55-46(63)14-13-35(60)12-8-5-9-18-58-47(64)15-16-48(58)65/h4,6-7,10-11,15-16,22,25-26,34,69H,3,5,8-9,12-14,17-21,23-24,27-31H2,1-2H3,(H,55,63)(H,56,66)/t34-,53?/m1/s1. The molecule has 1 unspecified atom stereocenters. The number of rotatable bonds is 27. The summed E-state index contributed by atoms with van der Waals surface area (Å²) in [6.07, 6.45) is 4.69. The lowest BCUT2D eigenvalue weighted by Gasteiger charge is -2.31. The van der Waals surface area contributed by atoms with Crippen LogP contribution in [-0.4, -0.2) is 103 Å². The maximum atomic E-state index is 14.9. The molecule has 19 heteroatoms. The fourth-order valence-electron chi connectivity index (χ4n) is 9.04. The Hall–Kier alpha value is -6.31. The normalized spacial score (nSPS) is 16.1. The highest BCUT2D eigenvalue weighted by molar-refractivity contribution is 8.02. The molecular formula is C53H58FN5O11S2. The smallest absolute Gasteiger partial charge is 0.343 e. The highest BCUT2D eigenvalue weighted by Gasteiger charge is 2.45. The van der Waals surface area contributed by atoms with Gasteiger partial charge >= 0.3 is 5.97 Å². The van der Waals surface area contributed by atoms with Crippen LogP contribution < -0.4 is 16.2 Å². The molecule has 3 aliphatic rings. The van der Waals surface area contributed by atoms with Crippen molar-refractivity contribution < 1.29 is 52.6 Å². The minimum Gasteiger partial charge on any atom is -0.458 e. The van der Waals surface area contributed by atoms with Crippen LogP contribution in [0.4, 0.5) is 4.39 Å². The van der Waals surface area contributed by atoms with Gasteiger partial charge in [-0.05, 0) is 61.4 Å². The Morgan fingerprint density at radius 1 is 0.847 bits per heavy atom. The largest absolute Gasteiger partial charge is 0.458 e. The van der Waals surface area contributed by atoms with Crippen LogP contribution in [0.15, 0.2) is 65.5 Å². The van der Waals surface area contributed by atoms with Crippen LogP contribution in [-0.2, 0) is 74.0 Å². The van der Waals surface area contributed by atoms with Gasteiger partial charge in [0.05, 0.1) is 42.1 Å². The number of ketones is 3. The summed E-state index contributed by atoms with van der Waals surface area (Å²) >= 11 is 3.23. The Morgan fingerprint density at radius 2 is 1.58 bits per heavy atom. The molecule has 2 aromatic carbocycles. The van der Waals surface area contributed by atoms with Gasteiger partial charge in [-0.2, -0.15) is 23.5 Å². The first kappa shape index (κ1) is 53.5. The van der Waals surface area contributed by atoms with Crippen LogP contribution >= 0.6 is 23.5 Å². The second-order valence-electron chi connectivity index (χ2n) is 18.2. The van der Waals surface area contributed by atoms with E-state index in [1.165, 1.54) is 18.2 Å². The van der Waals surface area contributed by atoms with Crippen molar-refractivity contribution in [3.63, 3.8) is 0 Å². The van der Waals surface area contributed by atoms with Crippen LogP contribution in [0.1, 0.15) is 98.1 Å². The number of ether oxygens (including phenoxy) is 1. The minimum absolute atomic E-state index is 0.00643. The van der Waals surface area contributed by atoms with Crippen LogP contribution in [0.2, 0.25) is 0 Å². The minimum atomic E-state index is -1.98. The van der Waals surface area contributed by atoms with Gasteiger partial charge in [0, 0.05) is 102 Å². The van der Waals surface area contributed by atoms with Gasteiger partial charge in [-0.3, -0.25) is 43.3 Å². The van der Waals surface area contributed by atoms with Crippen molar-refractivity contribution >= 4 is 81.4 Å². The molecule has 4 amide bonds. The predicted octanol–water partition coefficient (Wildman–Crippen LogP) is 5.34. The molecule has 0 bridgehead atoms. The zero-order valence-corrected chi connectivity index (χ0v) is 42.0. The first-order chi connectivity index (χ1) is 34.6. The molecule has 5 heterocycles. The highest BCUT2D eigenvalue weighted by atomic mass is 32.2. The number of amides is 4. The van der Waals surface area contributed by atoms with Crippen molar-refractivity contribution in [2.75, 3.05) is 36.9 Å². The van der Waals surface area contributed by atoms with Crippen LogP contribution in [0.25, 0.3) is 22.3 Å². The average molecular weight is 1020 g/mol. The summed E-state index contributed by atoms with van der Waals surface area (Å²) in [4.78, 5) is 120. The lowest BCUT2D eigenvalue weighted by molar-refractivity contribution is -0.172. The Kier molecular flexibility index (Phi) is 18.1. The van der Waals surface area contributed by atoms with E-state index in [0.29, 0.717) is 64.7 Å². The molecule has 0 radical (unpaired) electrons. The monoisotopic (exact) mass is 1020 g/mol. The fraction of sp³-hybridized carbons (Fsp3) is 0.434. The third-order valence-electron chi connectivity index (χ3n) is 13.2. The van der Waals surface area contributed by atoms with Gasteiger partial charge in [-0.15, -0.1) is 0 Å². The molecule has 4 aromatic rings. The van der Waals surface area contributed by atoms with E-state index in [9.17, 15) is 52.6 Å². The number of carbonyl (C=O) groups is 8. The van der Waals surface area contributed by atoms with E-state index < -0.39 is 35.1 Å². The first-order valence-corrected chi connectivity index (χ1v) is 26.5. The summed E-state index contributed by atoms with van der Waals surface area (Å²) in [5.74, 6) is -1.82. The number of carbonyl (C=O) groups excluding carboxylic acids is 8. The summed E-state index contributed by atoms with van der Waals surface area (Å²) in [6, 6.07) is 14.0. The number of cyclic esters (lactones) is 1. The zero-order chi connectivity index (χ0) is 51.5. The number of nitrogens with one attached hydrogen (secondary N) is 2. The van der Waals surface area contributed by atoms with Crippen molar-refractivity contribution in [3.8, 4) is 11.4 Å². The number of hydrogen-bond donors (Lipinski definition) is 3. The molecule has 3 aliphatic heterocycles. The van der Waals surface area contributed by atoms with Crippen molar-refractivity contribution in [2.45, 2.75) is 103 Å². The molecule has 0 saturated heterocycles. The maximum absolute atomic E-state index is 14.9. The molecule has 2 aromatic heterocycles. The summed E-state index contributed by atoms with van der Waals surface area (Å²) in [6.45, 7) is 3.06. The number of esters is 1. The lowest BCUT2D eigenvalue weighted by Crippen LogP contribution is -2.44. The first-order valence-electron chi connectivity index (χ1n) is 24.2. The lowest BCUT2D eigenvalue weighted by atomic mass is 9.86. The van der Waals surface area contributed by atoms with Gasteiger partial charge in [0.15, 0.2) is 17.2 Å². The summed E-state index contributed by atoms with van der Waals surface area (Å²) in [7, 11) is 0. The SMILES string of the molecule is CCC1(O)C(=O)OCc2c1cc1n(c2=O)Cc2c-1nc1cc(F)c(C)cc1c2CSCCSCCC(=O)CNC(=O)[C@@H](CC(=O)CNC(=O)CCC(=O)CCCCCN1C(=O)C=CC1=O)Cc1ccccc1. The van der Waals surface area contributed by atoms with Gasteiger partial charge in [0.2, 0.25) is 11.8 Å². The average Bonchev–Trinajstić information content (AvgIpc) is 3.90. The Bertz CT molecular complexity index is 2870. The summed E-state index contributed by atoms with van der Waals surface area (Å²) < 4.78 is 21.7. The fourth-order valence-corrected chi connectivity index (χ4v) is 11.2. The number of fused-ring (bicyclic) bond motifs is 5. The van der Waals surface area contributed by atoms with Crippen molar-refractivity contribution in [1.82, 2.24) is 25.1 Å². The molecular weight excluding hydrogens is 966 g/mol. The van der Waals surface area contributed by atoms with Gasteiger partial charge < -0.3 is 25.0 Å². The number of aromatic nitrogens is 2. The topological polar surface area (TPSA) is 228 Å². The number of aryl methyl sites for hydroxylation is 1. The number of nitrogens with zero attached hydrogens (tertiary/aromatic N) is 3. The number of pyridine rings is 2. The second kappa shape index (κ2) is 24.4. The molecule has 0 fully saturated rings. The van der Waals surface area contributed by atoms with E-state index in [-0.39, 0.29) is 124 Å².